The molecule has 16 heavy (non-hydrogen) atoms. The minimum absolute atomic E-state index is 0.0702. The molecule has 0 bridgehead atoms. The minimum Gasteiger partial charge on any atom is -0.497 e. The topological polar surface area (TPSA) is 55.0 Å². The van der Waals surface area contributed by atoms with Gasteiger partial charge in [-0.1, -0.05) is 0 Å². The number of ether oxygens (including phenoxy) is 1. The van der Waals surface area contributed by atoms with Crippen molar-refractivity contribution < 1.29 is 4.74 Å². The standard InChI is InChI=1S/C12H10N2O2/c1-16-10-2-3-11-9(8-10)4-6-14(7-5-13)12(11)15/h2-4,6,8H,7H2,1H3. The molecule has 0 aliphatic heterocycles. The van der Waals surface area contributed by atoms with Crippen LogP contribution in [0.25, 0.3) is 10.8 Å². The average Bonchev–Trinajstić information content (AvgIpc) is 2.32. The lowest BCUT2D eigenvalue weighted by Gasteiger charge is -2.04. The molecule has 0 fully saturated rings. The van der Waals surface area contributed by atoms with Gasteiger partial charge in [0.05, 0.1) is 13.2 Å². The number of aromatic nitrogens is 1. The Morgan fingerprint density at radius 3 is 2.94 bits per heavy atom. The van der Waals surface area contributed by atoms with Crippen molar-refractivity contribution in [2.45, 2.75) is 6.54 Å². The van der Waals surface area contributed by atoms with Gasteiger partial charge < -0.3 is 9.30 Å². The van der Waals surface area contributed by atoms with Gasteiger partial charge in [-0.2, -0.15) is 5.26 Å². The highest BCUT2D eigenvalue weighted by Crippen LogP contribution is 2.17. The van der Waals surface area contributed by atoms with E-state index in [0.717, 1.165) is 5.39 Å². The number of methoxy groups -OCH3 is 1. The molecule has 4 heteroatoms. The normalized spacial score (nSPS) is 10.0. The van der Waals surface area contributed by atoms with Gasteiger partial charge in [0.15, 0.2) is 0 Å². The number of pyridine rings is 1. The molecule has 0 saturated heterocycles. The van der Waals surface area contributed by atoms with Crippen molar-refractivity contribution in [1.82, 2.24) is 4.57 Å². The molecule has 0 spiro atoms. The van der Waals surface area contributed by atoms with Crippen LogP contribution in [-0.2, 0) is 6.54 Å². The van der Waals surface area contributed by atoms with Crippen LogP contribution in [-0.4, -0.2) is 11.7 Å². The highest BCUT2D eigenvalue weighted by Gasteiger charge is 2.03. The summed E-state index contributed by atoms with van der Waals surface area (Å²) in [5.74, 6) is 0.713. The van der Waals surface area contributed by atoms with Crippen molar-refractivity contribution in [1.29, 1.82) is 5.26 Å². The molecule has 1 aromatic heterocycles. The van der Waals surface area contributed by atoms with E-state index in [-0.39, 0.29) is 12.1 Å². The predicted octanol–water partition coefficient (Wildman–Crippen LogP) is 1.53. The fourth-order valence-corrected chi connectivity index (χ4v) is 1.59. The third-order valence-corrected chi connectivity index (χ3v) is 2.43. The van der Waals surface area contributed by atoms with E-state index < -0.39 is 0 Å². The van der Waals surface area contributed by atoms with Crippen LogP contribution in [0.4, 0.5) is 0 Å². The predicted molar refractivity (Wildman–Crippen MR) is 60.4 cm³/mol. The first-order valence-corrected chi connectivity index (χ1v) is 4.80. The molecule has 0 aliphatic rings. The van der Waals surface area contributed by atoms with Gasteiger partial charge in [-0.05, 0) is 29.7 Å². The van der Waals surface area contributed by atoms with E-state index in [4.69, 9.17) is 10.00 Å². The Bertz CT molecular complexity index is 623. The highest BCUT2D eigenvalue weighted by atomic mass is 16.5. The molecular formula is C12H10N2O2. The number of hydrogen-bond acceptors (Lipinski definition) is 3. The van der Waals surface area contributed by atoms with Crippen molar-refractivity contribution in [2.24, 2.45) is 0 Å². The maximum Gasteiger partial charge on any atom is 0.259 e. The van der Waals surface area contributed by atoms with Gasteiger partial charge >= 0.3 is 0 Å². The van der Waals surface area contributed by atoms with Gasteiger partial charge in [0.2, 0.25) is 0 Å². The maximum atomic E-state index is 11.9. The van der Waals surface area contributed by atoms with E-state index in [0.29, 0.717) is 11.1 Å². The Hall–Kier alpha value is -2.28. The summed E-state index contributed by atoms with van der Waals surface area (Å²) in [4.78, 5) is 11.9. The molecule has 0 radical (unpaired) electrons. The van der Waals surface area contributed by atoms with Crippen molar-refractivity contribution >= 4 is 10.8 Å². The Kier molecular flexibility index (Phi) is 2.61. The van der Waals surface area contributed by atoms with Crippen molar-refractivity contribution in [2.75, 3.05) is 7.11 Å². The van der Waals surface area contributed by atoms with Crippen LogP contribution in [0.2, 0.25) is 0 Å². The van der Waals surface area contributed by atoms with E-state index in [9.17, 15) is 4.79 Å². The Labute approximate surface area is 92.3 Å². The van der Waals surface area contributed by atoms with Crippen LogP contribution in [0.5, 0.6) is 5.75 Å². The van der Waals surface area contributed by atoms with Gasteiger partial charge in [-0.25, -0.2) is 0 Å². The fourth-order valence-electron chi connectivity index (χ4n) is 1.59. The summed E-state index contributed by atoms with van der Waals surface area (Å²) in [5, 5.41) is 9.98. The number of nitriles is 1. The molecule has 0 unspecified atom stereocenters. The monoisotopic (exact) mass is 214 g/mol. The average molecular weight is 214 g/mol. The molecule has 2 rings (SSSR count). The van der Waals surface area contributed by atoms with Crippen LogP contribution in [0, 0.1) is 11.3 Å². The summed E-state index contributed by atoms with van der Waals surface area (Å²) >= 11 is 0. The minimum atomic E-state index is -0.151. The van der Waals surface area contributed by atoms with Crippen LogP contribution in [0.1, 0.15) is 0 Å². The summed E-state index contributed by atoms with van der Waals surface area (Å²) in [6, 6.07) is 9.00. The smallest absolute Gasteiger partial charge is 0.259 e. The van der Waals surface area contributed by atoms with Crippen molar-refractivity contribution in [3.63, 3.8) is 0 Å². The van der Waals surface area contributed by atoms with Crippen LogP contribution < -0.4 is 10.3 Å². The SMILES string of the molecule is COc1ccc2c(=O)n(CC#N)ccc2c1. The zero-order chi connectivity index (χ0) is 11.5. The van der Waals surface area contributed by atoms with Crippen LogP contribution in [0.3, 0.4) is 0 Å². The van der Waals surface area contributed by atoms with Crippen LogP contribution in [0.15, 0.2) is 35.3 Å². The zero-order valence-electron chi connectivity index (χ0n) is 8.80. The van der Waals surface area contributed by atoms with E-state index >= 15 is 0 Å². The molecule has 0 aliphatic carbocycles. The number of benzene rings is 1. The summed E-state index contributed by atoms with van der Waals surface area (Å²) < 4.78 is 6.46. The lowest BCUT2D eigenvalue weighted by Crippen LogP contribution is -2.18. The molecule has 0 atom stereocenters. The lowest BCUT2D eigenvalue weighted by atomic mass is 10.1. The molecule has 0 saturated carbocycles. The molecule has 2 aromatic rings. The quantitative estimate of drug-likeness (QED) is 0.761. The summed E-state index contributed by atoms with van der Waals surface area (Å²) in [6.45, 7) is 0.0702. The summed E-state index contributed by atoms with van der Waals surface area (Å²) in [7, 11) is 1.58. The number of fused-ring (bicyclic) bond motifs is 1. The molecule has 1 heterocycles. The Balaban J connectivity index is 2.68. The zero-order valence-corrected chi connectivity index (χ0v) is 8.80. The lowest BCUT2D eigenvalue weighted by molar-refractivity contribution is 0.415. The van der Waals surface area contributed by atoms with E-state index in [2.05, 4.69) is 0 Å². The first kappa shape index (κ1) is 10.2. The van der Waals surface area contributed by atoms with E-state index in [1.807, 2.05) is 6.07 Å². The fraction of sp³-hybridized carbons (Fsp3) is 0.167. The Morgan fingerprint density at radius 2 is 2.25 bits per heavy atom. The molecule has 1 aromatic carbocycles. The number of rotatable bonds is 2. The second-order valence-corrected chi connectivity index (χ2v) is 3.36. The molecule has 80 valence electrons. The van der Waals surface area contributed by atoms with E-state index in [1.165, 1.54) is 4.57 Å². The maximum absolute atomic E-state index is 11.9. The summed E-state index contributed by atoms with van der Waals surface area (Å²) in [6.07, 6.45) is 1.62. The molecular weight excluding hydrogens is 204 g/mol. The van der Waals surface area contributed by atoms with Gasteiger partial charge in [-0.15, -0.1) is 0 Å². The molecule has 0 amide bonds. The largest absolute Gasteiger partial charge is 0.497 e. The Morgan fingerprint density at radius 1 is 1.44 bits per heavy atom. The van der Waals surface area contributed by atoms with Crippen molar-refractivity contribution in [3.05, 3.63) is 40.8 Å². The summed E-state index contributed by atoms with van der Waals surface area (Å²) in [5.41, 5.74) is -0.151. The second kappa shape index (κ2) is 4.07. The second-order valence-electron chi connectivity index (χ2n) is 3.36. The third-order valence-electron chi connectivity index (χ3n) is 2.43. The first-order chi connectivity index (χ1) is 7.76. The van der Waals surface area contributed by atoms with Gasteiger partial charge in [0.25, 0.3) is 5.56 Å². The van der Waals surface area contributed by atoms with Gasteiger partial charge in [-0.3, -0.25) is 4.79 Å². The van der Waals surface area contributed by atoms with Gasteiger partial charge in [0, 0.05) is 11.6 Å². The van der Waals surface area contributed by atoms with Crippen molar-refractivity contribution in [3.8, 4) is 11.8 Å². The van der Waals surface area contributed by atoms with Crippen LogP contribution >= 0.6 is 0 Å². The third kappa shape index (κ3) is 1.63. The number of hydrogen-bond donors (Lipinski definition) is 0. The highest BCUT2D eigenvalue weighted by molar-refractivity contribution is 5.82. The number of nitrogens with zero attached hydrogens (tertiary/aromatic N) is 2. The first-order valence-electron chi connectivity index (χ1n) is 4.80. The molecule has 0 N–H and O–H groups in total. The van der Waals surface area contributed by atoms with Gasteiger partial charge in [0.1, 0.15) is 12.3 Å². The van der Waals surface area contributed by atoms with E-state index in [1.54, 1.807) is 37.6 Å². The molecule has 4 nitrogen and oxygen atoms in total.